The lowest BCUT2D eigenvalue weighted by Gasteiger charge is -2.14. The van der Waals surface area contributed by atoms with Crippen molar-refractivity contribution in [2.45, 2.75) is 37.6 Å². The maximum Gasteiger partial charge on any atom is 0.305 e. The second-order valence-corrected chi connectivity index (χ2v) is 4.84. The molecule has 1 saturated heterocycles. The summed E-state index contributed by atoms with van der Waals surface area (Å²) in [6.45, 7) is 0.111. The number of unbranched alkanes of at least 4 members (excludes halogenated alkanes) is 1. The Morgan fingerprint density at radius 1 is 1.44 bits per heavy atom. The average molecular weight is 344 g/mol. The molecule has 1 rings (SSSR count). The summed E-state index contributed by atoms with van der Waals surface area (Å²) in [6.07, 6.45) is -0.211. The Morgan fingerprint density at radius 2 is 2.19 bits per heavy atom. The summed E-state index contributed by atoms with van der Waals surface area (Å²) >= 11 is 2.26. The number of carbonyl (C=O) groups is 1. The first-order valence-electron chi connectivity index (χ1n) is 5.34. The number of carbonyl (C=O) groups excluding carboxylic acids is 1. The third-order valence-electron chi connectivity index (χ3n) is 2.43. The predicted octanol–water partition coefficient (Wildman–Crippen LogP) is 0.255. The van der Waals surface area contributed by atoms with Crippen LogP contribution in [0.3, 0.4) is 0 Å². The van der Waals surface area contributed by atoms with Gasteiger partial charge in [-0.1, -0.05) is 22.6 Å². The Morgan fingerprint density at radius 3 is 2.75 bits per heavy atom. The Balaban J connectivity index is 2.12. The molecule has 0 aromatic carbocycles. The standard InChI is InChI=1S/C10H17IO5/c11-4-2-1-3-9(13)16-6-8-10(14)7(12)5-15-8/h7-8,10,12,14H,1-6H2/t7-,8-,10-/m1/s1. The van der Waals surface area contributed by atoms with Crippen LogP contribution in [0.25, 0.3) is 0 Å². The third kappa shape index (κ3) is 4.52. The van der Waals surface area contributed by atoms with Crippen molar-refractivity contribution in [1.82, 2.24) is 0 Å². The molecule has 0 bridgehead atoms. The minimum atomic E-state index is -0.956. The Kier molecular flexibility index (Phi) is 6.55. The maximum atomic E-state index is 11.2. The number of aliphatic hydroxyl groups excluding tert-OH is 2. The molecule has 0 aliphatic carbocycles. The second kappa shape index (κ2) is 7.41. The molecule has 2 N–H and O–H groups in total. The van der Waals surface area contributed by atoms with Crippen molar-refractivity contribution < 1.29 is 24.5 Å². The summed E-state index contributed by atoms with van der Waals surface area (Å²) < 4.78 is 11.1. The number of hydrogen-bond acceptors (Lipinski definition) is 5. The Hall–Kier alpha value is 0.0800. The van der Waals surface area contributed by atoms with Crippen LogP contribution in [-0.4, -0.2) is 52.1 Å². The fourth-order valence-corrected chi connectivity index (χ4v) is 1.96. The van der Waals surface area contributed by atoms with Crippen molar-refractivity contribution in [1.29, 1.82) is 0 Å². The zero-order chi connectivity index (χ0) is 12.0. The van der Waals surface area contributed by atoms with Crippen molar-refractivity contribution in [3.05, 3.63) is 0 Å². The van der Waals surface area contributed by atoms with Crippen LogP contribution in [0.4, 0.5) is 0 Å². The molecule has 1 aliphatic rings. The fourth-order valence-electron chi connectivity index (χ4n) is 1.42. The van der Waals surface area contributed by atoms with Gasteiger partial charge in [0.05, 0.1) is 6.61 Å². The van der Waals surface area contributed by atoms with E-state index in [0.717, 1.165) is 17.3 Å². The molecule has 0 radical (unpaired) electrons. The van der Waals surface area contributed by atoms with E-state index in [1.807, 2.05) is 0 Å². The van der Waals surface area contributed by atoms with E-state index >= 15 is 0 Å². The molecule has 0 saturated carbocycles. The molecule has 0 unspecified atom stereocenters. The summed E-state index contributed by atoms with van der Waals surface area (Å²) in [7, 11) is 0. The van der Waals surface area contributed by atoms with Crippen molar-refractivity contribution >= 4 is 28.6 Å². The molecule has 0 spiro atoms. The smallest absolute Gasteiger partial charge is 0.305 e. The molecular weight excluding hydrogens is 327 g/mol. The lowest BCUT2D eigenvalue weighted by molar-refractivity contribution is -0.148. The van der Waals surface area contributed by atoms with E-state index in [2.05, 4.69) is 22.6 Å². The normalized spacial score (nSPS) is 29.3. The first-order valence-corrected chi connectivity index (χ1v) is 6.87. The number of halogens is 1. The molecule has 1 heterocycles. The van der Waals surface area contributed by atoms with E-state index in [4.69, 9.17) is 9.47 Å². The highest BCUT2D eigenvalue weighted by molar-refractivity contribution is 14.1. The molecule has 6 heteroatoms. The SMILES string of the molecule is O=C(CCCCI)OC[C@H]1OC[C@@H](O)[C@H]1O. The molecule has 3 atom stereocenters. The van der Waals surface area contributed by atoms with Crippen LogP contribution in [-0.2, 0) is 14.3 Å². The van der Waals surface area contributed by atoms with E-state index in [0.29, 0.717) is 6.42 Å². The molecular formula is C10H17IO5. The molecule has 94 valence electrons. The van der Waals surface area contributed by atoms with Crippen molar-refractivity contribution in [3.8, 4) is 0 Å². The Bertz CT molecular complexity index is 223. The van der Waals surface area contributed by atoms with Crippen molar-refractivity contribution in [2.75, 3.05) is 17.6 Å². The van der Waals surface area contributed by atoms with Gasteiger partial charge in [-0.25, -0.2) is 0 Å². The highest BCUT2D eigenvalue weighted by atomic mass is 127. The van der Waals surface area contributed by atoms with Crippen molar-refractivity contribution in [2.24, 2.45) is 0 Å². The summed E-state index contributed by atoms with van der Waals surface area (Å²) in [5, 5.41) is 18.6. The molecule has 0 amide bonds. The van der Waals surface area contributed by atoms with E-state index in [1.165, 1.54) is 0 Å². The topological polar surface area (TPSA) is 76.0 Å². The fraction of sp³-hybridized carbons (Fsp3) is 0.900. The number of rotatable bonds is 6. The van der Waals surface area contributed by atoms with Gasteiger partial charge in [-0.3, -0.25) is 4.79 Å². The van der Waals surface area contributed by atoms with Gasteiger partial charge in [0, 0.05) is 6.42 Å². The number of esters is 1. The Labute approximate surface area is 108 Å². The first kappa shape index (κ1) is 14.1. The largest absolute Gasteiger partial charge is 0.463 e. The number of aliphatic hydroxyl groups is 2. The highest BCUT2D eigenvalue weighted by Crippen LogP contribution is 2.14. The van der Waals surface area contributed by atoms with Gasteiger partial charge in [0.1, 0.15) is 24.9 Å². The quantitative estimate of drug-likeness (QED) is 0.313. The molecule has 16 heavy (non-hydrogen) atoms. The van der Waals surface area contributed by atoms with Gasteiger partial charge < -0.3 is 19.7 Å². The third-order valence-corrected chi connectivity index (χ3v) is 3.19. The van der Waals surface area contributed by atoms with Gasteiger partial charge in [-0.2, -0.15) is 0 Å². The molecule has 0 aromatic rings. The van der Waals surface area contributed by atoms with Gasteiger partial charge in [-0.15, -0.1) is 0 Å². The van der Waals surface area contributed by atoms with E-state index in [9.17, 15) is 15.0 Å². The van der Waals surface area contributed by atoms with Crippen LogP contribution >= 0.6 is 22.6 Å². The number of alkyl halides is 1. The monoisotopic (exact) mass is 344 g/mol. The van der Waals surface area contributed by atoms with Gasteiger partial charge in [-0.05, 0) is 17.3 Å². The van der Waals surface area contributed by atoms with Crippen LogP contribution in [0, 0.1) is 0 Å². The zero-order valence-electron chi connectivity index (χ0n) is 8.97. The van der Waals surface area contributed by atoms with Crippen LogP contribution in [0.1, 0.15) is 19.3 Å². The molecule has 0 aromatic heterocycles. The summed E-state index contributed by atoms with van der Waals surface area (Å²) in [6, 6.07) is 0. The van der Waals surface area contributed by atoms with Crippen LogP contribution in [0.5, 0.6) is 0 Å². The lowest BCUT2D eigenvalue weighted by Crippen LogP contribution is -2.33. The van der Waals surface area contributed by atoms with Gasteiger partial charge in [0.25, 0.3) is 0 Å². The highest BCUT2D eigenvalue weighted by Gasteiger charge is 2.35. The molecule has 1 fully saturated rings. The van der Waals surface area contributed by atoms with Gasteiger partial charge >= 0.3 is 5.97 Å². The van der Waals surface area contributed by atoms with E-state index < -0.39 is 18.3 Å². The minimum absolute atomic E-state index is 0.0152. The average Bonchev–Trinajstić information content (AvgIpc) is 2.58. The second-order valence-electron chi connectivity index (χ2n) is 3.76. The predicted molar refractivity (Wildman–Crippen MR) is 65.5 cm³/mol. The van der Waals surface area contributed by atoms with E-state index in [-0.39, 0.29) is 19.2 Å². The van der Waals surface area contributed by atoms with Crippen LogP contribution < -0.4 is 0 Å². The number of ether oxygens (including phenoxy) is 2. The maximum absolute atomic E-state index is 11.2. The summed E-state index contributed by atoms with van der Waals surface area (Å²) in [5.41, 5.74) is 0. The molecule has 1 aliphatic heterocycles. The zero-order valence-corrected chi connectivity index (χ0v) is 11.1. The summed E-state index contributed by atoms with van der Waals surface area (Å²) in [5.74, 6) is -0.276. The molecule has 5 nitrogen and oxygen atoms in total. The minimum Gasteiger partial charge on any atom is -0.463 e. The van der Waals surface area contributed by atoms with Gasteiger partial charge in [0.2, 0.25) is 0 Å². The van der Waals surface area contributed by atoms with Crippen LogP contribution in [0.2, 0.25) is 0 Å². The van der Waals surface area contributed by atoms with E-state index in [1.54, 1.807) is 0 Å². The first-order chi connectivity index (χ1) is 7.65. The van der Waals surface area contributed by atoms with Crippen LogP contribution in [0.15, 0.2) is 0 Å². The van der Waals surface area contributed by atoms with Gasteiger partial charge in [0.15, 0.2) is 0 Å². The lowest BCUT2D eigenvalue weighted by atomic mass is 10.1. The summed E-state index contributed by atoms with van der Waals surface area (Å²) in [4.78, 5) is 11.2. The van der Waals surface area contributed by atoms with Crippen molar-refractivity contribution in [3.63, 3.8) is 0 Å². The number of hydrogen-bond donors (Lipinski definition) is 2.